The van der Waals surface area contributed by atoms with E-state index in [1.807, 2.05) is 39.0 Å². The molecule has 5 rings (SSSR count). The Balaban J connectivity index is 1.49. The van der Waals surface area contributed by atoms with Gasteiger partial charge in [-0.15, -0.1) is 0 Å². The maximum absolute atomic E-state index is 13.1. The first-order valence-electron chi connectivity index (χ1n) is 14.2. The second-order valence-electron chi connectivity index (χ2n) is 13.8. The standard InChI is InChI=1S/C30H44N2O6/c1-27(2,3)37-25(33)31-14-11-29-12-15-32(19-20-7-8-20)24(30(29,35)13-16-31)17-21-9-10-22(18-23(21)29)36-26(34)38-28(4,5)6/h9-10,18,20,24,35H,7-8,11-17,19H2,1-6H3/t24-,29+,30-/m1/s1. The lowest BCUT2D eigenvalue weighted by molar-refractivity contribution is -0.149. The van der Waals surface area contributed by atoms with Crippen molar-refractivity contribution in [1.82, 2.24) is 9.80 Å². The highest BCUT2D eigenvalue weighted by Crippen LogP contribution is 2.57. The van der Waals surface area contributed by atoms with Gasteiger partial charge in [0.1, 0.15) is 17.0 Å². The van der Waals surface area contributed by atoms with Crippen molar-refractivity contribution >= 4 is 12.2 Å². The van der Waals surface area contributed by atoms with Crippen molar-refractivity contribution in [2.75, 3.05) is 26.2 Å². The molecule has 1 saturated carbocycles. The van der Waals surface area contributed by atoms with Crippen molar-refractivity contribution in [1.29, 1.82) is 0 Å². The van der Waals surface area contributed by atoms with Crippen LogP contribution in [0.2, 0.25) is 0 Å². The maximum Gasteiger partial charge on any atom is 0.514 e. The Morgan fingerprint density at radius 3 is 2.29 bits per heavy atom. The molecule has 2 aliphatic heterocycles. The Morgan fingerprint density at radius 1 is 0.974 bits per heavy atom. The van der Waals surface area contributed by atoms with Gasteiger partial charge < -0.3 is 24.2 Å². The number of aliphatic hydroxyl groups is 1. The number of nitrogens with zero attached hydrogens (tertiary/aromatic N) is 2. The summed E-state index contributed by atoms with van der Waals surface area (Å²) in [5.74, 6) is 1.14. The van der Waals surface area contributed by atoms with Gasteiger partial charge in [0.25, 0.3) is 0 Å². The minimum absolute atomic E-state index is 0.0134. The van der Waals surface area contributed by atoms with Crippen LogP contribution >= 0.6 is 0 Å². The van der Waals surface area contributed by atoms with Crippen molar-refractivity contribution in [2.45, 2.75) is 108 Å². The van der Waals surface area contributed by atoms with Crippen molar-refractivity contribution in [3.05, 3.63) is 29.3 Å². The van der Waals surface area contributed by atoms with Crippen LogP contribution in [-0.4, -0.2) is 76.2 Å². The molecule has 38 heavy (non-hydrogen) atoms. The molecule has 1 N–H and O–H groups in total. The zero-order valence-corrected chi connectivity index (χ0v) is 23.8. The fourth-order valence-electron chi connectivity index (χ4n) is 6.80. The van der Waals surface area contributed by atoms with Gasteiger partial charge in [-0.2, -0.15) is 0 Å². The lowest BCUT2D eigenvalue weighted by Gasteiger charge is -2.61. The van der Waals surface area contributed by atoms with Gasteiger partial charge in [-0.3, -0.25) is 4.90 Å². The summed E-state index contributed by atoms with van der Waals surface area (Å²) in [6.45, 7) is 13.9. The molecule has 0 unspecified atom stereocenters. The molecule has 4 aliphatic rings. The highest BCUT2D eigenvalue weighted by atomic mass is 16.7. The molecule has 2 aliphatic carbocycles. The van der Waals surface area contributed by atoms with Crippen LogP contribution in [0, 0.1) is 5.92 Å². The van der Waals surface area contributed by atoms with E-state index in [0.29, 0.717) is 31.7 Å². The number of ether oxygens (including phenoxy) is 3. The van der Waals surface area contributed by atoms with E-state index >= 15 is 0 Å². The molecular weight excluding hydrogens is 484 g/mol. The lowest BCUT2D eigenvalue weighted by Crippen LogP contribution is -2.71. The van der Waals surface area contributed by atoms with Gasteiger partial charge in [0.2, 0.25) is 0 Å². The minimum Gasteiger partial charge on any atom is -0.444 e. The largest absolute Gasteiger partial charge is 0.514 e. The predicted octanol–water partition coefficient (Wildman–Crippen LogP) is 5.04. The zero-order valence-electron chi connectivity index (χ0n) is 23.8. The summed E-state index contributed by atoms with van der Waals surface area (Å²) in [6, 6.07) is 5.79. The fourth-order valence-corrected chi connectivity index (χ4v) is 6.80. The smallest absolute Gasteiger partial charge is 0.444 e. The summed E-state index contributed by atoms with van der Waals surface area (Å²) in [7, 11) is 0. The van der Waals surface area contributed by atoms with E-state index in [9.17, 15) is 14.7 Å². The molecule has 2 bridgehead atoms. The van der Waals surface area contributed by atoms with Crippen LogP contribution in [0.25, 0.3) is 0 Å². The number of amides is 1. The van der Waals surface area contributed by atoms with Crippen molar-refractivity contribution < 1.29 is 28.9 Å². The number of carbonyl (C=O) groups excluding carboxylic acids is 2. The van der Waals surface area contributed by atoms with Gasteiger partial charge in [-0.1, -0.05) is 6.07 Å². The SMILES string of the molecule is CC(C)(C)OC(=O)Oc1ccc2c(c1)[C@@]13CCN(C(=O)OC(C)(C)C)CC[C@@]1(O)[C@@H](C2)N(CC1CC1)CC3. The van der Waals surface area contributed by atoms with Crippen LogP contribution < -0.4 is 4.74 Å². The Labute approximate surface area is 226 Å². The van der Waals surface area contributed by atoms with Crippen LogP contribution in [0.3, 0.4) is 0 Å². The minimum atomic E-state index is -1.01. The average molecular weight is 529 g/mol. The summed E-state index contributed by atoms with van der Waals surface area (Å²) in [5.41, 5.74) is -0.568. The molecular formula is C30H44N2O6. The molecule has 1 aromatic carbocycles. The second kappa shape index (κ2) is 9.40. The van der Waals surface area contributed by atoms with Gasteiger partial charge in [-0.25, -0.2) is 9.59 Å². The molecule has 0 radical (unpaired) electrons. The van der Waals surface area contributed by atoms with Crippen molar-refractivity contribution in [3.63, 3.8) is 0 Å². The molecule has 0 spiro atoms. The number of piperidine rings is 1. The normalized spacial score (nSPS) is 29.6. The Hall–Kier alpha value is -2.32. The van der Waals surface area contributed by atoms with E-state index < -0.39 is 28.4 Å². The van der Waals surface area contributed by atoms with Crippen LogP contribution in [0.5, 0.6) is 5.75 Å². The van der Waals surface area contributed by atoms with Crippen molar-refractivity contribution in [3.8, 4) is 5.75 Å². The van der Waals surface area contributed by atoms with E-state index in [4.69, 9.17) is 14.2 Å². The zero-order chi connectivity index (χ0) is 27.5. The monoisotopic (exact) mass is 528 g/mol. The van der Waals surface area contributed by atoms with E-state index in [2.05, 4.69) is 4.90 Å². The van der Waals surface area contributed by atoms with Gasteiger partial charge in [0.15, 0.2) is 0 Å². The number of likely N-dealkylation sites (tertiary alicyclic amines) is 2. The Bertz CT molecular complexity index is 1090. The molecule has 8 nitrogen and oxygen atoms in total. The summed E-state index contributed by atoms with van der Waals surface area (Å²) in [4.78, 5) is 29.8. The number of rotatable bonds is 3. The summed E-state index contributed by atoms with van der Waals surface area (Å²) in [6.07, 6.45) is 4.09. The van der Waals surface area contributed by atoms with Crippen LogP contribution in [-0.2, 0) is 21.3 Å². The summed E-state index contributed by atoms with van der Waals surface area (Å²) >= 11 is 0. The van der Waals surface area contributed by atoms with Crippen LogP contribution in [0.4, 0.5) is 9.59 Å². The average Bonchev–Trinajstić information content (AvgIpc) is 3.60. The molecule has 8 heteroatoms. The molecule has 210 valence electrons. The fraction of sp³-hybridized carbons (Fsp3) is 0.733. The third-order valence-corrected chi connectivity index (χ3v) is 8.66. The molecule has 2 heterocycles. The molecule has 2 saturated heterocycles. The first kappa shape index (κ1) is 27.3. The van der Waals surface area contributed by atoms with E-state index in [1.54, 1.807) is 25.7 Å². The maximum atomic E-state index is 13.1. The van der Waals surface area contributed by atoms with Gasteiger partial charge >= 0.3 is 12.2 Å². The Morgan fingerprint density at radius 2 is 1.63 bits per heavy atom. The molecule has 1 aromatic rings. The summed E-state index contributed by atoms with van der Waals surface area (Å²) < 4.78 is 16.7. The number of carbonyl (C=O) groups is 2. The number of hydrogen-bond acceptors (Lipinski definition) is 7. The third kappa shape index (κ3) is 5.26. The highest BCUT2D eigenvalue weighted by Gasteiger charge is 2.63. The van der Waals surface area contributed by atoms with Crippen molar-refractivity contribution in [2.24, 2.45) is 5.92 Å². The number of hydrogen-bond donors (Lipinski definition) is 1. The number of benzene rings is 1. The third-order valence-electron chi connectivity index (χ3n) is 8.66. The first-order chi connectivity index (χ1) is 17.7. The predicted molar refractivity (Wildman–Crippen MR) is 143 cm³/mol. The second-order valence-corrected chi connectivity index (χ2v) is 13.8. The van der Waals surface area contributed by atoms with Gasteiger partial charge in [-0.05, 0) is 116 Å². The lowest BCUT2D eigenvalue weighted by atomic mass is 9.52. The molecule has 1 amide bonds. The van der Waals surface area contributed by atoms with E-state index in [0.717, 1.165) is 37.4 Å². The first-order valence-corrected chi connectivity index (χ1v) is 14.2. The topological polar surface area (TPSA) is 88.5 Å². The van der Waals surface area contributed by atoms with E-state index in [1.165, 1.54) is 18.4 Å². The quantitative estimate of drug-likeness (QED) is 0.434. The molecule has 3 atom stereocenters. The summed E-state index contributed by atoms with van der Waals surface area (Å²) in [5, 5.41) is 12.7. The Kier molecular flexibility index (Phi) is 6.74. The molecule has 0 aromatic heterocycles. The number of fused-ring (bicyclic) bond motifs is 1. The van der Waals surface area contributed by atoms with Crippen LogP contribution in [0.1, 0.15) is 84.8 Å². The van der Waals surface area contributed by atoms with E-state index in [-0.39, 0.29) is 12.1 Å². The van der Waals surface area contributed by atoms with Gasteiger partial charge in [0, 0.05) is 31.1 Å². The van der Waals surface area contributed by atoms with Crippen LogP contribution in [0.15, 0.2) is 18.2 Å². The molecule has 3 fully saturated rings. The highest BCUT2D eigenvalue weighted by molar-refractivity contribution is 5.68. The van der Waals surface area contributed by atoms with Gasteiger partial charge in [0.05, 0.1) is 5.60 Å².